The highest BCUT2D eigenvalue weighted by atomic mass is 19.3. The van der Waals surface area contributed by atoms with Gasteiger partial charge in [0.05, 0.1) is 25.1 Å². The van der Waals surface area contributed by atoms with Crippen molar-refractivity contribution < 1.29 is 42.4 Å². The quantitative estimate of drug-likeness (QED) is 0.148. The number of carbonyl (C=O) groups excluding carboxylic acids is 1. The van der Waals surface area contributed by atoms with Crippen molar-refractivity contribution in [3.63, 3.8) is 0 Å². The van der Waals surface area contributed by atoms with Gasteiger partial charge in [0.1, 0.15) is 12.4 Å². The normalized spacial score (nSPS) is 18.7. The van der Waals surface area contributed by atoms with E-state index in [0.717, 1.165) is 27.8 Å². The molecule has 9 nitrogen and oxygen atoms in total. The van der Waals surface area contributed by atoms with Crippen LogP contribution in [0.1, 0.15) is 58.3 Å². The van der Waals surface area contributed by atoms with Crippen molar-refractivity contribution in [1.29, 1.82) is 0 Å². The summed E-state index contributed by atoms with van der Waals surface area (Å²) < 4.78 is 47.2. The van der Waals surface area contributed by atoms with Crippen LogP contribution in [0.25, 0.3) is 0 Å². The Balaban J connectivity index is 1.29. The molecule has 0 aliphatic carbocycles. The number of amides is 1. The highest BCUT2D eigenvalue weighted by molar-refractivity contribution is 5.80. The second-order valence-electron chi connectivity index (χ2n) is 12.7. The van der Waals surface area contributed by atoms with Gasteiger partial charge >= 0.3 is 12.1 Å². The number of benzene rings is 4. The van der Waals surface area contributed by atoms with Crippen molar-refractivity contribution in [2.45, 2.75) is 44.9 Å². The molecule has 1 saturated heterocycles. The number of aryl methyl sites for hydroxylation is 2. The number of fused-ring (bicyclic) bond motifs is 1. The van der Waals surface area contributed by atoms with Crippen LogP contribution in [0.3, 0.4) is 0 Å². The van der Waals surface area contributed by atoms with Gasteiger partial charge in [0.2, 0.25) is 12.7 Å². The predicted molar refractivity (Wildman–Crippen MR) is 182 cm³/mol. The highest BCUT2D eigenvalue weighted by Crippen LogP contribution is 2.48. The molecule has 262 valence electrons. The van der Waals surface area contributed by atoms with Gasteiger partial charge in [-0.25, -0.2) is 0 Å². The molecule has 2 N–H and O–H groups in total. The summed E-state index contributed by atoms with van der Waals surface area (Å²) in [6, 6.07) is 27.0. The number of carboxylic acid groups (broad SMARTS) is 1. The lowest BCUT2D eigenvalue weighted by molar-refractivity contribution is -0.226. The molecule has 0 unspecified atom stereocenters. The zero-order valence-corrected chi connectivity index (χ0v) is 28.1. The van der Waals surface area contributed by atoms with E-state index < -0.39 is 36.0 Å². The molecule has 6 rings (SSSR count). The number of rotatable bonds is 13. The molecule has 50 heavy (non-hydrogen) atoms. The first-order valence-corrected chi connectivity index (χ1v) is 16.5. The Morgan fingerprint density at radius 2 is 1.52 bits per heavy atom. The summed E-state index contributed by atoms with van der Waals surface area (Å²) in [5, 5.41) is 14.0. The molecule has 1 fully saturated rings. The van der Waals surface area contributed by atoms with Crippen molar-refractivity contribution >= 4 is 11.9 Å². The monoisotopic (exact) mass is 686 g/mol. The van der Waals surface area contributed by atoms with Crippen molar-refractivity contribution in [2.75, 3.05) is 33.1 Å². The van der Waals surface area contributed by atoms with Gasteiger partial charge < -0.3 is 29.4 Å². The molecule has 0 bridgehead atoms. The van der Waals surface area contributed by atoms with Crippen LogP contribution >= 0.6 is 0 Å². The second kappa shape index (κ2) is 14.9. The maximum atomic E-state index is 14.1. The van der Waals surface area contributed by atoms with Crippen LogP contribution in [0, 0.1) is 19.8 Å². The van der Waals surface area contributed by atoms with Gasteiger partial charge in [-0.15, -0.1) is 0 Å². The molecule has 0 aromatic heterocycles. The van der Waals surface area contributed by atoms with Gasteiger partial charge in [0.25, 0.3) is 0 Å². The van der Waals surface area contributed by atoms with Crippen LogP contribution in [0.2, 0.25) is 0 Å². The van der Waals surface area contributed by atoms with Gasteiger partial charge in [-0.05, 0) is 71.5 Å². The summed E-state index contributed by atoms with van der Waals surface area (Å²) in [4.78, 5) is 29.1. The first-order valence-electron chi connectivity index (χ1n) is 16.5. The first kappa shape index (κ1) is 34.8. The molecule has 0 radical (unpaired) electrons. The zero-order chi connectivity index (χ0) is 35.4. The Hall–Kier alpha value is -5.00. The molecule has 2 heterocycles. The number of carbonyl (C=O) groups is 2. The van der Waals surface area contributed by atoms with Crippen LogP contribution in [0.15, 0.2) is 91.0 Å². The Morgan fingerprint density at radius 3 is 2.14 bits per heavy atom. The lowest BCUT2D eigenvalue weighted by Gasteiger charge is -2.29. The first-order chi connectivity index (χ1) is 24.0. The van der Waals surface area contributed by atoms with E-state index in [1.54, 1.807) is 30.3 Å². The van der Waals surface area contributed by atoms with E-state index in [4.69, 9.17) is 14.2 Å². The molecule has 3 atom stereocenters. The van der Waals surface area contributed by atoms with E-state index in [0.29, 0.717) is 29.7 Å². The molecule has 0 saturated carbocycles. The number of likely N-dealkylation sites (tertiary alicyclic amines) is 1. The number of halogens is 2. The third-order valence-corrected chi connectivity index (χ3v) is 9.29. The van der Waals surface area contributed by atoms with Crippen LogP contribution in [-0.4, -0.2) is 61.1 Å². The van der Waals surface area contributed by atoms with Gasteiger partial charge in [0.15, 0.2) is 11.5 Å². The van der Waals surface area contributed by atoms with E-state index in [1.165, 1.54) is 0 Å². The fourth-order valence-corrected chi connectivity index (χ4v) is 6.95. The topological polar surface area (TPSA) is 107 Å². The van der Waals surface area contributed by atoms with Crippen LogP contribution in [0.5, 0.6) is 17.2 Å². The number of hydrogen-bond donors (Lipinski definition) is 2. The SMILES string of the molecule is Cc1ccccc1C(NC(=O)CN1C[C@H](c2ccc3c(c2)OCO3)[C@@H](C(=O)O)[C@@H]1c1ccc(OCCOC(C)(F)F)cc1)c1ccccc1C. The van der Waals surface area contributed by atoms with E-state index in [1.807, 2.05) is 79.4 Å². The van der Waals surface area contributed by atoms with Crippen LogP contribution in [-0.2, 0) is 14.3 Å². The maximum Gasteiger partial charge on any atom is 0.353 e. The second-order valence-corrected chi connectivity index (χ2v) is 12.7. The molecular weight excluding hydrogens is 646 g/mol. The third kappa shape index (κ3) is 7.90. The summed E-state index contributed by atoms with van der Waals surface area (Å²) in [7, 11) is 0. The lowest BCUT2D eigenvalue weighted by Crippen LogP contribution is -2.40. The fourth-order valence-electron chi connectivity index (χ4n) is 6.95. The van der Waals surface area contributed by atoms with Crippen molar-refractivity contribution in [1.82, 2.24) is 10.2 Å². The summed E-state index contributed by atoms with van der Waals surface area (Å²) in [5.41, 5.74) is 5.45. The Morgan fingerprint density at radius 1 is 0.900 bits per heavy atom. The number of alkyl halides is 2. The number of nitrogens with one attached hydrogen (secondary N) is 1. The van der Waals surface area contributed by atoms with Crippen LogP contribution in [0.4, 0.5) is 8.78 Å². The minimum atomic E-state index is -3.26. The molecule has 11 heteroatoms. The summed E-state index contributed by atoms with van der Waals surface area (Å²) in [5.74, 6) is -1.10. The molecular formula is C39H40F2N2O7. The molecule has 2 aliphatic heterocycles. The average molecular weight is 687 g/mol. The predicted octanol–water partition coefficient (Wildman–Crippen LogP) is 6.79. The van der Waals surface area contributed by atoms with E-state index in [-0.39, 0.29) is 39.0 Å². The third-order valence-electron chi connectivity index (χ3n) is 9.29. The minimum absolute atomic E-state index is 0.0649. The Bertz CT molecular complexity index is 1780. The van der Waals surface area contributed by atoms with Gasteiger partial charge in [-0.2, -0.15) is 8.78 Å². The molecule has 4 aromatic carbocycles. The summed E-state index contributed by atoms with van der Waals surface area (Å²) in [6.07, 6.45) is -3.26. The van der Waals surface area contributed by atoms with Gasteiger partial charge in [-0.1, -0.05) is 66.7 Å². The highest BCUT2D eigenvalue weighted by Gasteiger charge is 2.48. The Labute approximate surface area is 289 Å². The largest absolute Gasteiger partial charge is 0.491 e. The van der Waals surface area contributed by atoms with Crippen molar-refractivity contribution in [3.8, 4) is 17.2 Å². The van der Waals surface area contributed by atoms with Gasteiger partial charge in [-0.3, -0.25) is 14.5 Å². The lowest BCUT2D eigenvalue weighted by atomic mass is 9.82. The average Bonchev–Trinajstić information content (AvgIpc) is 3.71. The van der Waals surface area contributed by atoms with E-state index >= 15 is 0 Å². The number of carboxylic acids is 1. The number of ether oxygens (including phenoxy) is 4. The van der Waals surface area contributed by atoms with Crippen LogP contribution < -0.4 is 19.5 Å². The number of aliphatic carboxylic acids is 1. The van der Waals surface area contributed by atoms with E-state index in [2.05, 4.69) is 10.1 Å². The smallest absolute Gasteiger partial charge is 0.353 e. The molecule has 2 aliphatic rings. The molecule has 0 spiro atoms. The fraction of sp³-hybridized carbons (Fsp3) is 0.333. The van der Waals surface area contributed by atoms with Gasteiger partial charge in [0, 0.05) is 25.4 Å². The zero-order valence-electron chi connectivity index (χ0n) is 28.1. The minimum Gasteiger partial charge on any atom is -0.491 e. The Kier molecular flexibility index (Phi) is 10.4. The van der Waals surface area contributed by atoms with Crippen molar-refractivity contribution in [2.24, 2.45) is 5.92 Å². The summed E-state index contributed by atoms with van der Waals surface area (Å²) in [6.45, 7) is 4.60. The maximum absolute atomic E-state index is 14.1. The van der Waals surface area contributed by atoms with E-state index in [9.17, 15) is 23.5 Å². The standard InChI is InChI=1S/C39H40F2N2O7/c1-24-8-4-6-10-29(24)36(30-11-7-5-9-25(30)2)42-34(44)22-43-21-31(27-14-17-32-33(20-27)49-23-48-32)35(38(45)46)37(43)26-12-15-28(16-13-26)47-18-19-50-39(3,40)41/h4-17,20,31,35-37H,18-19,21-23H2,1-3H3,(H,42,44)(H,45,46)/t31-,35-,37+/m1/s1. The number of nitrogens with zero attached hydrogens (tertiary/aromatic N) is 1. The summed E-state index contributed by atoms with van der Waals surface area (Å²) >= 11 is 0. The molecule has 4 aromatic rings. The molecule has 1 amide bonds. The number of hydrogen-bond acceptors (Lipinski definition) is 7. The van der Waals surface area contributed by atoms with Crippen molar-refractivity contribution in [3.05, 3.63) is 124 Å².